The number of rotatable bonds is 4. The van der Waals surface area contributed by atoms with Crippen molar-refractivity contribution in [3.63, 3.8) is 0 Å². The van der Waals surface area contributed by atoms with Gasteiger partial charge in [0.05, 0.1) is 18.4 Å². The second kappa shape index (κ2) is 6.90. The molecule has 1 aromatic rings. The van der Waals surface area contributed by atoms with Gasteiger partial charge in [0.1, 0.15) is 6.54 Å². The summed E-state index contributed by atoms with van der Waals surface area (Å²) in [5.41, 5.74) is 0.510. The van der Waals surface area contributed by atoms with Crippen LogP contribution in [0.2, 0.25) is 0 Å². The lowest BCUT2D eigenvalue weighted by atomic mass is 10.3. The molecule has 0 aromatic carbocycles. The van der Waals surface area contributed by atoms with Crippen molar-refractivity contribution in [3.05, 3.63) is 22.6 Å². The maximum atomic E-state index is 12.0. The normalized spacial score (nSPS) is 15.5. The smallest absolute Gasteiger partial charge is 0.269 e. The fraction of sp³-hybridized carbons (Fsp3) is 0.500. The van der Waals surface area contributed by atoms with E-state index < -0.39 is 0 Å². The summed E-state index contributed by atoms with van der Waals surface area (Å²) in [5, 5.41) is 6.56. The number of hydrogen-bond acceptors (Lipinski definition) is 5. The number of likely N-dealkylation sites (N-methyl/N-ethyl adjacent to an activating group) is 1. The summed E-state index contributed by atoms with van der Waals surface area (Å²) in [4.78, 5) is 27.9. The first kappa shape index (κ1) is 15.1. The molecule has 2 rings (SSSR count). The Balaban J connectivity index is 2.02. The SMILES string of the molecule is C#CCNC(=O)Cn1ncc(N2CCN(C)CC2)cc1=O. The van der Waals surface area contributed by atoms with Crippen molar-refractivity contribution in [2.45, 2.75) is 6.54 Å². The van der Waals surface area contributed by atoms with E-state index >= 15 is 0 Å². The molecule has 0 atom stereocenters. The molecule has 7 nitrogen and oxygen atoms in total. The summed E-state index contributed by atoms with van der Waals surface area (Å²) in [5.74, 6) is 1.98. The van der Waals surface area contributed by atoms with Gasteiger partial charge in [-0.1, -0.05) is 5.92 Å². The molecule has 0 aliphatic carbocycles. The highest BCUT2D eigenvalue weighted by molar-refractivity contribution is 5.75. The minimum Gasteiger partial charge on any atom is -0.368 e. The molecule has 1 saturated heterocycles. The lowest BCUT2D eigenvalue weighted by Crippen LogP contribution is -2.45. The molecule has 112 valence electrons. The van der Waals surface area contributed by atoms with Gasteiger partial charge in [-0.25, -0.2) is 4.68 Å². The zero-order valence-electron chi connectivity index (χ0n) is 12.1. The minimum atomic E-state index is -0.324. The second-order valence-corrected chi connectivity index (χ2v) is 4.98. The van der Waals surface area contributed by atoms with Crippen LogP contribution < -0.4 is 15.8 Å². The Hall–Kier alpha value is -2.33. The molecule has 1 aliphatic heterocycles. The molecule has 7 heteroatoms. The molecule has 21 heavy (non-hydrogen) atoms. The molecule has 1 amide bonds. The quantitative estimate of drug-likeness (QED) is 0.701. The van der Waals surface area contributed by atoms with Gasteiger partial charge in [-0.2, -0.15) is 5.10 Å². The van der Waals surface area contributed by atoms with Gasteiger partial charge >= 0.3 is 0 Å². The summed E-state index contributed by atoms with van der Waals surface area (Å²) in [6.45, 7) is 3.67. The van der Waals surface area contributed by atoms with Crippen LogP contribution in [0.25, 0.3) is 0 Å². The molecule has 0 unspecified atom stereocenters. The number of carbonyl (C=O) groups excluding carboxylic acids is 1. The Bertz CT molecular complexity index is 596. The number of amides is 1. The predicted molar refractivity (Wildman–Crippen MR) is 80.0 cm³/mol. The zero-order valence-corrected chi connectivity index (χ0v) is 12.1. The highest BCUT2D eigenvalue weighted by atomic mass is 16.2. The highest BCUT2D eigenvalue weighted by Crippen LogP contribution is 2.11. The lowest BCUT2D eigenvalue weighted by Gasteiger charge is -2.33. The third kappa shape index (κ3) is 4.07. The number of piperazine rings is 1. The molecule has 0 radical (unpaired) electrons. The fourth-order valence-corrected chi connectivity index (χ4v) is 2.12. The van der Waals surface area contributed by atoms with Crippen molar-refractivity contribution in [1.29, 1.82) is 0 Å². The Morgan fingerprint density at radius 3 is 2.76 bits per heavy atom. The van der Waals surface area contributed by atoms with Gasteiger partial charge in [-0.15, -0.1) is 6.42 Å². The Morgan fingerprint density at radius 1 is 1.43 bits per heavy atom. The molecule has 1 aliphatic rings. The number of carbonyl (C=O) groups is 1. The van der Waals surface area contributed by atoms with Crippen LogP contribution in [0.3, 0.4) is 0 Å². The van der Waals surface area contributed by atoms with Crippen molar-refractivity contribution >= 4 is 11.6 Å². The van der Waals surface area contributed by atoms with Crippen molar-refractivity contribution in [2.24, 2.45) is 0 Å². The minimum absolute atomic E-state index is 0.121. The molecule has 0 saturated carbocycles. The maximum absolute atomic E-state index is 12.0. The molecule has 1 fully saturated rings. The van der Waals surface area contributed by atoms with Gasteiger partial charge < -0.3 is 15.1 Å². The molecular formula is C14H19N5O2. The van der Waals surface area contributed by atoms with E-state index in [1.165, 1.54) is 6.07 Å². The Labute approximate surface area is 123 Å². The van der Waals surface area contributed by atoms with E-state index in [9.17, 15) is 9.59 Å². The first-order valence-electron chi connectivity index (χ1n) is 6.81. The molecule has 0 bridgehead atoms. The van der Waals surface area contributed by atoms with E-state index in [4.69, 9.17) is 6.42 Å². The average Bonchev–Trinajstić information content (AvgIpc) is 2.48. The highest BCUT2D eigenvalue weighted by Gasteiger charge is 2.15. The van der Waals surface area contributed by atoms with Crippen molar-refractivity contribution < 1.29 is 4.79 Å². The second-order valence-electron chi connectivity index (χ2n) is 4.98. The van der Waals surface area contributed by atoms with Gasteiger partial charge in [0, 0.05) is 32.2 Å². The molecule has 1 aromatic heterocycles. The van der Waals surface area contributed by atoms with Crippen LogP contribution in [0.4, 0.5) is 5.69 Å². The van der Waals surface area contributed by atoms with E-state index in [-0.39, 0.29) is 24.6 Å². The third-order valence-electron chi connectivity index (χ3n) is 3.40. The van der Waals surface area contributed by atoms with Crippen LogP contribution >= 0.6 is 0 Å². The van der Waals surface area contributed by atoms with E-state index in [1.54, 1.807) is 6.20 Å². The first-order valence-corrected chi connectivity index (χ1v) is 6.81. The number of nitrogens with one attached hydrogen (secondary N) is 1. The number of anilines is 1. The summed E-state index contributed by atoms with van der Waals surface area (Å²) in [6, 6.07) is 1.52. The van der Waals surface area contributed by atoms with Crippen LogP contribution in [-0.4, -0.2) is 60.4 Å². The summed E-state index contributed by atoms with van der Waals surface area (Å²) in [6.07, 6.45) is 6.68. The first-order chi connectivity index (χ1) is 10.1. The van der Waals surface area contributed by atoms with Gasteiger partial charge in [-0.3, -0.25) is 9.59 Å². The van der Waals surface area contributed by atoms with Crippen LogP contribution in [0, 0.1) is 12.3 Å². The zero-order chi connectivity index (χ0) is 15.2. The number of terminal acetylenes is 1. The summed E-state index contributed by atoms with van der Waals surface area (Å²) >= 11 is 0. The van der Waals surface area contributed by atoms with Gasteiger partial charge in [-0.05, 0) is 7.05 Å². The third-order valence-corrected chi connectivity index (χ3v) is 3.40. The predicted octanol–water partition coefficient (Wildman–Crippen LogP) is -1.26. The lowest BCUT2D eigenvalue weighted by molar-refractivity contribution is -0.121. The largest absolute Gasteiger partial charge is 0.368 e. The van der Waals surface area contributed by atoms with Crippen LogP contribution in [-0.2, 0) is 11.3 Å². The maximum Gasteiger partial charge on any atom is 0.269 e. The van der Waals surface area contributed by atoms with Crippen LogP contribution in [0.15, 0.2) is 17.1 Å². The van der Waals surface area contributed by atoms with E-state index in [2.05, 4.69) is 33.2 Å². The fourth-order valence-electron chi connectivity index (χ4n) is 2.12. The van der Waals surface area contributed by atoms with Gasteiger partial charge in [0.25, 0.3) is 5.56 Å². The van der Waals surface area contributed by atoms with Crippen LogP contribution in [0.5, 0.6) is 0 Å². The summed E-state index contributed by atoms with van der Waals surface area (Å²) in [7, 11) is 2.07. The number of aromatic nitrogens is 2. The molecule has 1 N–H and O–H groups in total. The van der Waals surface area contributed by atoms with Crippen molar-refractivity contribution in [3.8, 4) is 12.3 Å². The van der Waals surface area contributed by atoms with E-state index in [0.29, 0.717) is 0 Å². The molecular weight excluding hydrogens is 270 g/mol. The van der Waals surface area contributed by atoms with Crippen molar-refractivity contribution in [2.75, 3.05) is 44.7 Å². The standard InChI is InChI=1S/C14H19N5O2/c1-3-4-15-13(20)11-19-14(21)9-12(10-16-19)18-7-5-17(2)6-8-18/h1,9-10H,4-8,11H2,2H3,(H,15,20). The number of nitrogens with zero attached hydrogens (tertiary/aromatic N) is 4. The van der Waals surface area contributed by atoms with Gasteiger partial charge in [0.2, 0.25) is 5.91 Å². The number of hydrogen-bond donors (Lipinski definition) is 1. The Kier molecular flexibility index (Phi) is 4.95. The van der Waals surface area contributed by atoms with E-state index in [1.807, 2.05) is 0 Å². The van der Waals surface area contributed by atoms with Crippen LogP contribution in [0.1, 0.15) is 0 Å². The van der Waals surface area contributed by atoms with Crippen molar-refractivity contribution in [1.82, 2.24) is 20.0 Å². The average molecular weight is 289 g/mol. The molecule has 2 heterocycles. The molecule has 0 spiro atoms. The Morgan fingerprint density at radius 2 is 2.14 bits per heavy atom. The summed E-state index contributed by atoms with van der Waals surface area (Å²) < 4.78 is 1.13. The van der Waals surface area contributed by atoms with Gasteiger partial charge in [0.15, 0.2) is 0 Å². The monoisotopic (exact) mass is 289 g/mol. The topological polar surface area (TPSA) is 70.5 Å². The van der Waals surface area contributed by atoms with E-state index in [0.717, 1.165) is 36.5 Å².